The van der Waals surface area contributed by atoms with Crippen molar-refractivity contribution in [2.24, 2.45) is 5.92 Å². The third kappa shape index (κ3) is 3.74. The second-order valence-corrected chi connectivity index (χ2v) is 7.94. The van der Waals surface area contributed by atoms with Gasteiger partial charge in [0.1, 0.15) is 17.1 Å². The first-order valence-electron chi connectivity index (χ1n) is 10.00. The van der Waals surface area contributed by atoms with Crippen molar-refractivity contribution in [2.75, 3.05) is 6.61 Å². The van der Waals surface area contributed by atoms with Crippen molar-refractivity contribution in [1.82, 2.24) is 10.5 Å². The average Bonchev–Trinajstić information content (AvgIpc) is 2.67. The van der Waals surface area contributed by atoms with Crippen LogP contribution in [-0.2, 0) is 6.42 Å². The van der Waals surface area contributed by atoms with Gasteiger partial charge in [0.15, 0.2) is 0 Å². The van der Waals surface area contributed by atoms with Gasteiger partial charge in [-0.25, -0.2) is 5.48 Å². The van der Waals surface area contributed by atoms with E-state index in [-0.39, 0.29) is 17.6 Å². The molecule has 156 valence electrons. The molecular formula is C22H28N2O5. The van der Waals surface area contributed by atoms with Crippen molar-refractivity contribution in [2.45, 2.75) is 52.9 Å². The summed E-state index contributed by atoms with van der Waals surface area (Å²) in [6, 6.07) is 3.97. The second-order valence-electron chi connectivity index (χ2n) is 7.94. The molecular weight excluding hydrogens is 372 g/mol. The SMILES string of the molecule is CCCCOc1cc2c(cc1C)-c1[nH]c(=O)c(C(=O)NO)c(O)c1C(C(C)C)C2. The standard InChI is InChI=1S/C22H28N2O5/c1-5-6-7-29-16-10-13-9-14(11(2)3)17-19(15(13)8-12(16)4)23-21(26)18(20(17)25)22(27)24-28/h8,10-11,14,28H,5-7,9H2,1-4H3,(H,24,27)(H2,23,25,26). The maximum absolute atomic E-state index is 12.5. The van der Waals surface area contributed by atoms with Crippen molar-refractivity contribution in [3.8, 4) is 22.8 Å². The second kappa shape index (κ2) is 8.29. The highest BCUT2D eigenvalue weighted by Gasteiger charge is 2.34. The Morgan fingerprint density at radius 2 is 2.10 bits per heavy atom. The van der Waals surface area contributed by atoms with Gasteiger partial charge in [0.05, 0.1) is 12.3 Å². The number of aromatic nitrogens is 1. The fourth-order valence-electron chi connectivity index (χ4n) is 3.97. The van der Waals surface area contributed by atoms with Gasteiger partial charge in [-0.15, -0.1) is 0 Å². The Morgan fingerprint density at radius 1 is 1.38 bits per heavy atom. The highest BCUT2D eigenvalue weighted by atomic mass is 16.5. The molecule has 0 spiro atoms. The van der Waals surface area contributed by atoms with Crippen molar-refractivity contribution in [3.63, 3.8) is 0 Å². The molecule has 0 saturated carbocycles. The maximum Gasteiger partial charge on any atom is 0.284 e. The average molecular weight is 400 g/mol. The van der Waals surface area contributed by atoms with Crippen molar-refractivity contribution in [3.05, 3.63) is 44.7 Å². The molecule has 4 N–H and O–H groups in total. The van der Waals surface area contributed by atoms with Crippen LogP contribution >= 0.6 is 0 Å². The molecule has 7 heteroatoms. The van der Waals surface area contributed by atoms with Crippen LogP contribution in [0, 0.1) is 12.8 Å². The fourth-order valence-corrected chi connectivity index (χ4v) is 3.97. The molecule has 29 heavy (non-hydrogen) atoms. The Morgan fingerprint density at radius 3 is 2.72 bits per heavy atom. The first-order valence-corrected chi connectivity index (χ1v) is 10.00. The third-order valence-electron chi connectivity index (χ3n) is 5.60. The van der Waals surface area contributed by atoms with Gasteiger partial charge in [-0.1, -0.05) is 27.2 Å². The number of aromatic amines is 1. The Bertz CT molecular complexity index is 994. The topological polar surface area (TPSA) is 112 Å². The zero-order valence-corrected chi connectivity index (χ0v) is 17.3. The number of aryl methyl sites for hydroxylation is 1. The number of carbonyl (C=O) groups excluding carboxylic acids is 1. The van der Waals surface area contributed by atoms with Crippen LogP contribution in [0.1, 0.15) is 66.6 Å². The number of carbonyl (C=O) groups is 1. The number of fused-ring (bicyclic) bond motifs is 3. The van der Waals surface area contributed by atoms with Crippen LogP contribution < -0.4 is 15.8 Å². The lowest BCUT2D eigenvalue weighted by molar-refractivity contribution is 0.0701. The summed E-state index contributed by atoms with van der Waals surface area (Å²) in [6.07, 6.45) is 2.67. The molecule has 2 aromatic rings. The number of unbranched alkanes of at least 4 members (excludes halogenated alkanes) is 1. The molecule has 3 rings (SSSR count). The zero-order chi connectivity index (χ0) is 21.3. The van der Waals surface area contributed by atoms with Gasteiger partial charge in [0, 0.05) is 11.1 Å². The number of hydroxylamine groups is 1. The summed E-state index contributed by atoms with van der Waals surface area (Å²) in [4.78, 5) is 27.2. The van der Waals surface area contributed by atoms with E-state index in [2.05, 4.69) is 11.9 Å². The number of hydrogen-bond donors (Lipinski definition) is 4. The molecule has 0 fully saturated rings. The van der Waals surface area contributed by atoms with Crippen LogP contribution in [0.5, 0.6) is 11.5 Å². The maximum atomic E-state index is 12.5. The minimum Gasteiger partial charge on any atom is -0.507 e. The van der Waals surface area contributed by atoms with Gasteiger partial charge in [-0.05, 0) is 54.9 Å². The Balaban J connectivity index is 2.20. The van der Waals surface area contributed by atoms with Gasteiger partial charge in [-0.3, -0.25) is 14.8 Å². The Kier molecular flexibility index (Phi) is 5.98. The highest BCUT2D eigenvalue weighted by Crippen LogP contribution is 2.47. The van der Waals surface area contributed by atoms with Crippen molar-refractivity contribution < 1.29 is 19.8 Å². The first-order chi connectivity index (χ1) is 13.8. The molecule has 0 aliphatic heterocycles. The number of nitrogens with one attached hydrogen (secondary N) is 2. The molecule has 7 nitrogen and oxygen atoms in total. The number of aromatic hydroxyl groups is 1. The molecule has 1 atom stereocenters. The van der Waals surface area contributed by atoms with Crippen molar-refractivity contribution >= 4 is 5.91 Å². The normalized spacial score (nSPS) is 15.0. The lowest BCUT2D eigenvalue weighted by Gasteiger charge is -2.31. The number of ether oxygens (including phenoxy) is 1. The van der Waals surface area contributed by atoms with E-state index < -0.39 is 17.0 Å². The van der Waals surface area contributed by atoms with Gasteiger partial charge in [0.25, 0.3) is 11.5 Å². The molecule has 1 aliphatic carbocycles. The summed E-state index contributed by atoms with van der Waals surface area (Å²) in [5.41, 5.74) is 4.05. The fraction of sp³-hybridized carbons (Fsp3) is 0.455. The summed E-state index contributed by atoms with van der Waals surface area (Å²) in [5, 5.41) is 19.8. The van der Waals surface area contributed by atoms with E-state index >= 15 is 0 Å². The molecule has 0 bridgehead atoms. The van der Waals surface area contributed by atoms with E-state index in [1.165, 1.54) is 5.48 Å². The van der Waals surface area contributed by atoms with Crippen LogP contribution in [0.15, 0.2) is 16.9 Å². The van der Waals surface area contributed by atoms with Crippen LogP contribution in [0.2, 0.25) is 0 Å². The molecule has 1 aromatic carbocycles. The smallest absolute Gasteiger partial charge is 0.284 e. The number of H-pyrrole nitrogens is 1. The monoisotopic (exact) mass is 400 g/mol. The quantitative estimate of drug-likeness (QED) is 0.336. The van der Waals surface area contributed by atoms with Crippen LogP contribution in [0.3, 0.4) is 0 Å². The number of pyridine rings is 1. The zero-order valence-electron chi connectivity index (χ0n) is 17.3. The molecule has 0 radical (unpaired) electrons. The Labute approximate surface area is 169 Å². The molecule has 1 amide bonds. The lowest BCUT2D eigenvalue weighted by Crippen LogP contribution is -2.30. The van der Waals surface area contributed by atoms with E-state index in [4.69, 9.17) is 9.94 Å². The predicted molar refractivity (Wildman–Crippen MR) is 110 cm³/mol. The van der Waals surface area contributed by atoms with Crippen LogP contribution in [-0.4, -0.2) is 27.8 Å². The number of rotatable bonds is 6. The van der Waals surface area contributed by atoms with E-state index in [0.717, 1.165) is 35.3 Å². The van der Waals surface area contributed by atoms with Gasteiger partial charge < -0.3 is 14.8 Å². The number of amides is 1. The molecule has 1 aliphatic rings. The lowest BCUT2D eigenvalue weighted by atomic mass is 9.74. The number of hydrogen-bond acceptors (Lipinski definition) is 5. The first kappa shape index (κ1) is 20.9. The van der Waals surface area contributed by atoms with Crippen LogP contribution in [0.4, 0.5) is 0 Å². The van der Waals surface area contributed by atoms with E-state index in [1.54, 1.807) is 0 Å². The van der Waals surface area contributed by atoms with E-state index in [0.29, 0.717) is 24.3 Å². The third-order valence-corrected chi connectivity index (χ3v) is 5.60. The summed E-state index contributed by atoms with van der Waals surface area (Å²) >= 11 is 0. The summed E-state index contributed by atoms with van der Waals surface area (Å²) in [6.45, 7) is 8.77. The predicted octanol–water partition coefficient (Wildman–Crippen LogP) is 3.65. The van der Waals surface area contributed by atoms with Gasteiger partial charge in [-0.2, -0.15) is 0 Å². The number of benzene rings is 1. The van der Waals surface area contributed by atoms with Gasteiger partial charge in [0.2, 0.25) is 0 Å². The van der Waals surface area contributed by atoms with Gasteiger partial charge >= 0.3 is 0 Å². The minimum atomic E-state index is -1.03. The van der Waals surface area contributed by atoms with E-state index in [1.807, 2.05) is 32.9 Å². The van der Waals surface area contributed by atoms with Crippen molar-refractivity contribution in [1.29, 1.82) is 0 Å². The Hall–Kier alpha value is -2.80. The summed E-state index contributed by atoms with van der Waals surface area (Å²) < 4.78 is 5.94. The summed E-state index contributed by atoms with van der Waals surface area (Å²) in [5.74, 6) is -0.539. The molecule has 1 unspecified atom stereocenters. The van der Waals surface area contributed by atoms with E-state index in [9.17, 15) is 14.7 Å². The summed E-state index contributed by atoms with van der Waals surface area (Å²) in [7, 11) is 0. The highest BCUT2D eigenvalue weighted by molar-refractivity contribution is 5.97. The molecule has 0 saturated heterocycles. The largest absolute Gasteiger partial charge is 0.507 e. The van der Waals surface area contributed by atoms with Crippen LogP contribution in [0.25, 0.3) is 11.3 Å². The minimum absolute atomic E-state index is 0.106. The molecule has 1 aromatic heterocycles. The molecule has 1 heterocycles.